The summed E-state index contributed by atoms with van der Waals surface area (Å²) in [5.74, 6) is -0.497. The molecule has 2 aromatic rings. The van der Waals surface area contributed by atoms with E-state index in [0.717, 1.165) is 6.07 Å². The summed E-state index contributed by atoms with van der Waals surface area (Å²) in [7, 11) is -3.94. The largest absolute Gasteiger partial charge is 0.279 e. The summed E-state index contributed by atoms with van der Waals surface area (Å²) in [5, 5.41) is -0.159. The van der Waals surface area contributed by atoms with Crippen LogP contribution in [0, 0.1) is 12.7 Å². The Kier molecular flexibility index (Phi) is 4.31. The second-order valence-corrected chi connectivity index (χ2v) is 6.94. The third-order valence-corrected chi connectivity index (χ3v) is 4.73. The lowest BCUT2D eigenvalue weighted by Gasteiger charge is -2.10. The van der Waals surface area contributed by atoms with Crippen molar-refractivity contribution < 1.29 is 12.8 Å². The van der Waals surface area contributed by atoms with E-state index in [4.69, 9.17) is 11.6 Å². The van der Waals surface area contributed by atoms with Gasteiger partial charge in [-0.1, -0.05) is 17.7 Å². The van der Waals surface area contributed by atoms with Crippen LogP contribution in [0.5, 0.6) is 0 Å². The molecule has 106 valence electrons. The van der Waals surface area contributed by atoms with Crippen molar-refractivity contribution in [3.8, 4) is 0 Å². The highest BCUT2D eigenvalue weighted by molar-refractivity contribution is 9.10. The normalized spacial score (nSPS) is 11.4. The van der Waals surface area contributed by atoms with Crippen molar-refractivity contribution in [2.75, 3.05) is 4.72 Å². The predicted molar refractivity (Wildman–Crippen MR) is 78.9 cm³/mol. The monoisotopic (exact) mass is 378 g/mol. The molecule has 0 amide bonds. The minimum Gasteiger partial charge on any atom is -0.279 e. The van der Waals surface area contributed by atoms with Crippen LogP contribution in [-0.4, -0.2) is 13.4 Å². The van der Waals surface area contributed by atoms with E-state index in [1.165, 1.54) is 24.4 Å². The maximum absolute atomic E-state index is 13.4. The second kappa shape index (κ2) is 5.67. The van der Waals surface area contributed by atoms with E-state index in [9.17, 15) is 12.8 Å². The van der Waals surface area contributed by atoms with E-state index in [2.05, 4.69) is 25.6 Å². The van der Waals surface area contributed by atoms with Gasteiger partial charge >= 0.3 is 0 Å². The minimum atomic E-state index is -3.94. The molecular formula is C12H9BrClFN2O2S. The van der Waals surface area contributed by atoms with E-state index in [0.29, 0.717) is 10.0 Å². The average Bonchev–Trinajstić information content (AvgIpc) is 2.36. The summed E-state index contributed by atoms with van der Waals surface area (Å²) in [5.41, 5.74) is 0.541. The lowest BCUT2D eigenvalue weighted by atomic mass is 10.2. The minimum absolute atomic E-state index is 0.115. The van der Waals surface area contributed by atoms with Crippen LogP contribution in [0.15, 0.2) is 39.8 Å². The summed E-state index contributed by atoms with van der Waals surface area (Å²) < 4.78 is 40.5. The molecule has 4 nitrogen and oxygen atoms in total. The quantitative estimate of drug-likeness (QED) is 0.826. The highest BCUT2D eigenvalue weighted by Gasteiger charge is 2.20. The van der Waals surface area contributed by atoms with Crippen molar-refractivity contribution in [2.45, 2.75) is 11.8 Å². The SMILES string of the molecule is Cc1ccc(NS(=O)(=O)c2cc(Br)cnc2Cl)cc1F. The zero-order chi connectivity index (χ0) is 14.9. The molecule has 2 rings (SSSR count). The molecule has 20 heavy (non-hydrogen) atoms. The molecule has 0 atom stereocenters. The van der Waals surface area contributed by atoms with Crippen LogP contribution in [0.25, 0.3) is 0 Å². The first kappa shape index (κ1) is 15.2. The first-order valence-corrected chi connectivity index (χ1v) is 8.05. The zero-order valence-corrected chi connectivity index (χ0v) is 13.4. The predicted octanol–water partition coefficient (Wildman–Crippen LogP) is 3.75. The molecule has 0 bridgehead atoms. The Balaban J connectivity index is 2.40. The molecule has 1 heterocycles. The smallest absolute Gasteiger partial charge is 0.265 e. The van der Waals surface area contributed by atoms with Gasteiger partial charge < -0.3 is 0 Å². The molecular weight excluding hydrogens is 371 g/mol. The number of anilines is 1. The van der Waals surface area contributed by atoms with Gasteiger partial charge in [0.2, 0.25) is 0 Å². The number of sulfonamides is 1. The fourth-order valence-corrected chi connectivity index (χ4v) is 3.45. The van der Waals surface area contributed by atoms with Gasteiger partial charge in [-0.25, -0.2) is 17.8 Å². The van der Waals surface area contributed by atoms with Gasteiger partial charge in [-0.15, -0.1) is 0 Å². The van der Waals surface area contributed by atoms with Gasteiger partial charge in [0.05, 0.1) is 5.69 Å². The molecule has 0 spiro atoms. The molecule has 0 unspecified atom stereocenters. The van der Waals surface area contributed by atoms with Crippen LogP contribution in [0.2, 0.25) is 5.15 Å². The third-order valence-electron chi connectivity index (χ3n) is 2.49. The van der Waals surface area contributed by atoms with Crippen molar-refractivity contribution >= 4 is 43.2 Å². The van der Waals surface area contributed by atoms with E-state index in [1.807, 2.05) is 0 Å². The molecule has 1 aromatic carbocycles. The van der Waals surface area contributed by atoms with Crippen molar-refractivity contribution in [1.29, 1.82) is 0 Å². The molecule has 0 fully saturated rings. The topological polar surface area (TPSA) is 59.1 Å². The van der Waals surface area contributed by atoms with Crippen LogP contribution in [0.1, 0.15) is 5.56 Å². The van der Waals surface area contributed by atoms with Gasteiger partial charge in [-0.2, -0.15) is 0 Å². The number of aryl methyl sites for hydroxylation is 1. The summed E-state index contributed by atoms with van der Waals surface area (Å²) in [6.45, 7) is 1.59. The third kappa shape index (κ3) is 3.28. The number of nitrogens with one attached hydrogen (secondary N) is 1. The van der Waals surface area contributed by atoms with Crippen LogP contribution in [0.4, 0.5) is 10.1 Å². The van der Waals surface area contributed by atoms with Gasteiger partial charge in [0, 0.05) is 10.7 Å². The Morgan fingerprint density at radius 3 is 2.70 bits per heavy atom. The van der Waals surface area contributed by atoms with Gasteiger partial charge in [0.15, 0.2) is 0 Å². The van der Waals surface area contributed by atoms with Gasteiger partial charge in [-0.3, -0.25) is 4.72 Å². The van der Waals surface area contributed by atoms with E-state index in [1.54, 1.807) is 6.92 Å². The maximum atomic E-state index is 13.4. The Morgan fingerprint density at radius 2 is 2.05 bits per heavy atom. The fourth-order valence-electron chi connectivity index (χ4n) is 1.46. The van der Waals surface area contributed by atoms with Crippen LogP contribution >= 0.6 is 27.5 Å². The average molecular weight is 380 g/mol. The van der Waals surface area contributed by atoms with Crippen molar-refractivity contribution in [3.63, 3.8) is 0 Å². The highest BCUT2D eigenvalue weighted by atomic mass is 79.9. The molecule has 8 heteroatoms. The Bertz CT molecular complexity index is 768. The number of hydrogen-bond donors (Lipinski definition) is 1. The summed E-state index contributed by atoms with van der Waals surface area (Å²) in [4.78, 5) is 3.56. The summed E-state index contributed by atoms with van der Waals surface area (Å²) in [6, 6.07) is 5.37. The van der Waals surface area contributed by atoms with Crippen LogP contribution in [0.3, 0.4) is 0 Å². The number of nitrogens with zero attached hydrogens (tertiary/aromatic N) is 1. The maximum Gasteiger partial charge on any atom is 0.265 e. The number of hydrogen-bond acceptors (Lipinski definition) is 3. The highest BCUT2D eigenvalue weighted by Crippen LogP contribution is 2.25. The van der Waals surface area contributed by atoms with Crippen molar-refractivity contribution in [1.82, 2.24) is 4.98 Å². The van der Waals surface area contributed by atoms with Crippen LogP contribution < -0.4 is 4.72 Å². The zero-order valence-electron chi connectivity index (χ0n) is 10.2. The molecule has 0 saturated heterocycles. The van der Waals surface area contributed by atoms with Crippen molar-refractivity contribution in [3.05, 3.63) is 51.5 Å². The molecule has 0 aliphatic rings. The second-order valence-electron chi connectivity index (χ2n) is 4.01. The molecule has 0 aliphatic carbocycles. The van der Waals surface area contributed by atoms with Gasteiger partial charge in [0.25, 0.3) is 10.0 Å². The lowest BCUT2D eigenvalue weighted by molar-refractivity contribution is 0.600. The molecule has 0 radical (unpaired) electrons. The number of rotatable bonds is 3. The number of pyridine rings is 1. The number of aromatic nitrogens is 1. The van der Waals surface area contributed by atoms with Gasteiger partial charge in [-0.05, 0) is 46.6 Å². The van der Waals surface area contributed by atoms with Gasteiger partial charge in [0.1, 0.15) is 15.9 Å². The van der Waals surface area contributed by atoms with E-state index >= 15 is 0 Å². The Morgan fingerprint density at radius 1 is 1.35 bits per heavy atom. The standard InChI is InChI=1S/C12H9BrClFN2O2S/c1-7-2-3-9(5-10(7)15)17-20(18,19)11-4-8(13)6-16-12(11)14/h2-6,17H,1H3. The van der Waals surface area contributed by atoms with E-state index in [-0.39, 0.29) is 15.7 Å². The Hall–Kier alpha value is -1.18. The number of halogens is 3. The summed E-state index contributed by atoms with van der Waals surface area (Å²) in [6.07, 6.45) is 1.38. The van der Waals surface area contributed by atoms with E-state index < -0.39 is 15.8 Å². The number of benzene rings is 1. The van der Waals surface area contributed by atoms with Crippen molar-refractivity contribution in [2.24, 2.45) is 0 Å². The fraction of sp³-hybridized carbons (Fsp3) is 0.0833. The molecule has 0 saturated carbocycles. The first-order valence-electron chi connectivity index (χ1n) is 5.39. The molecule has 1 N–H and O–H groups in total. The van der Waals surface area contributed by atoms with Crippen LogP contribution in [-0.2, 0) is 10.0 Å². The Labute approximate surface area is 129 Å². The molecule has 0 aliphatic heterocycles. The summed E-state index contributed by atoms with van der Waals surface area (Å²) >= 11 is 8.90. The lowest BCUT2D eigenvalue weighted by Crippen LogP contribution is -2.14. The first-order chi connectivity index (χ1) is 9.29. The molecule has 1 aromatic heterocycles.